The number of rotatable bonds is 3. The van der Waals surface area contributed by atoms with Crippen LogP contribution in [0, 0.1) is 5.82 Å². The summed E-state index contributed by atoms with van der Waals surface area (Å²) in [6.45, 7) is 1.71. The Morgan fingerprint density at radius 1 is 1.29 bits per heavy atom. The van der Waals surface area contributed by atoms with E-state index in [1.54, 1.807) is 12.1 Å². The number of halogens is 1. The van der Waals surface area contributed by atoms with Crippen LogP contribution in [0.2, 0.25) is 0 Å². The first-order chi connectivity index (χ1) is 8.25. The second kappa shape index (κ2) is 6.31. The van der Waals surface area contributed by atoms with Crippen LogP contribution in [0.15, 0.2) is 29.2 Å². The number of carbonyl (C=O) groups is 1. The van der Waals surface area contributed by atoms with Gasteiger partial charge in [0.2, 0.25) is 5.91 Å². The fourth-order valence-corrected chi connectivity index (χ4v) is 3.28. The summed E-state index contributed by atoms with van der Waals surface area (Å²) >= 11 is 3.36. The van der Waals surface area contributed by atoms with Gasteiger partial charge in [0.05, 0.1) is 5.75 Å². The Labute approximate surface area is 109 Å². The van der Waals surface area contributed by atoms with Crippen LogP contribution < -0.4 is 0 Å². The molecule has 1 amide bonds. The number of carbonyl (C=O) groups excluding carboxylic acids is 1. The number of hydrogen-bond acceptors (Lipinski definition) is 3. The predicted molar refractivity (Wildman–Crippen MR) is 71.0 cm³/mol. The largest absolute Gasteiger partial charge is 0.340 e. The molecule has 1 aromatic rings. The van der Waals surface area contributed by atoms with Crippen molar-refractivity contribution >= 4 is 29.4 Å². The average Bonchev–Trinajstić information content (AvgIpc) is 2.39. The lowest BCUT2D eigenvalue weighted by Crippen LogP contribution is -2.38. The van der Waals surface area contributed by atoms with Crippen LogP contribution in [0.25, 0.3) is 0 Å². The monoisotopic (exact) mass is 271 g/mol. The van der Waals surface area contributed by atoms with Crippen molar-refractivity contribution in [3.63, 3.8) is 0 Å². The fraction of sp³-hybridized carbons (Fsp3) is 0.417. The Balaban J connectivity index is 1.81. The first-order valence-corrected chi connectivity index (χ1v) is 7.63. The van der Waals surface area contributed by atoms with Crippen molar-refractivity contribution in [3.8, 4) is 0 Å². The van der Waals surface area contributed by atoms with Crippen molar-refractivity contribution in [2.24, 2.45) is 0 Å². The van der Waals surface area contributed by atoms with Gasteiger partial charge in [-0.3, -0.25) is 4.79 Å². The molecule has 0 spiro atoms. The van der Waals surface area contributed by atoms with E-state index in [4.69, 9.17) is 0 Å². The standard InChI is InChI=1S/C12H14FNOS2/c13-10-1-3-11(4-2-10)17-9-12(15)14-5-7-16-8-6-14/h1-4H,5-9H2. The van der Waals surface area contributed by atoms with Crippen LogP contribution in [0.3, 0.4) is 0 Å². The van der Waals surface area contributed by atoms with Gasteiger partial charge < -0.3 is 4.90 Å². The Hall–Kier alpha value is -0.680. The highest BCUT2D eigenvalue weighted by Gasteiger charge is 2.16. The van der Waals surface area contributed by atoms with Gasteiger partial charge in [0.25, 0.3) is 0 Å². The molecule has 0 N–H and O–H groups in total. The number of hydrogen-bond donors (Lipinski definition) is 0. The molecule has 0 atom stereocenters. The maximum Gasteiger partial charge on any atom is 0.232 e. The van der Waals surface area contributed by atoms with E-state index in [1.807, 2.05) is 16.7 Å². The molecular formula is C12H14FNOS2. The zero-order chi connectivity index (χ0) is 12.1. The van der Waals surface area contributed by atoms with Gasteiger partial charge in [-0.1, -0.05) is 0 Å². The van der Waals surface area contributed by atoms with Crippen LogP contribution in [0.1, 0.15) is 0 Å². The lowest BCUT2D eigenvalue weighted by atomic mass is 10.4. The third kappa shape index (κ3) is 3.92. The van der Waals surface area contributed by atoms with Crippen molar-refractivity contribution in [3.05, 3.63) is 30.1 Å². The highest BCUT2D eigenvalue weighted by atomic mass is 32.2. The fourth-order valence-electron chi connectivity index (χ4n) is 1.58. The molecule has 5 heteroatoms. The van der Waals surface area contributed by atoms with Crippen LogP contribution in [-0.2, 0) is 4.79 Å². The molecule has 1 heterocycles. The van der Waals surface area contributed by atoms with Crippen LogP contribution in [0.5, 0.6) is 0 Å². The predicted octanol–water partition coefficient (Wildman–Crippen LogP) is 2.49. The van der Waals surface area contributed by atoms with Gasteiger partial charge in [0.15, 0.2) is 0 Å². The van der Waals surface area contributed by atoms with E-state index in [0.717, 1.165) is 29.5 Å². The molecule has 0 saturated carbocycles. The van der Waals surface area contributed by atoms with Crippen LogP contribution in [0.4, 0.5) is 4.39 Å². The smallest absolute Gasteiger partial charge is 0.232 e. The van der Waals surface area contributed by atoms with E-state index in [9.17, 15) is 9.18 Å². The number of nitrogens with zero attached hydrogens (tertiary/aromatic N) is 1. The van der Waals surface area contributed by atoms with E-state index in [2.05, 4.69) is 0 Å². The number of amides is 1. The van der Waals surface area contributed by atoms with Gasteiger partial charge in [-0.05, 0) is 24.3 Å². The topological polar surface area (TPSA) is 20.3 Å². The quantitative estimate of drug-likeness (QED) is 0.788. The molecule has 1 aliphatic rings. The van der Waals surface area contributed by atoms with Crippen molar-refractivity contribution in [1.82, 2.24) is 4.90 Å². The second-order valence-corrected chi connectivity index (χ2v) is 6.01. The Kier molecular flexibility index (Phi) is 4.74. The maximum atomic E-state index is 12.7. The molecule has 0 aliphatic carbocycles. The van der Waals surface area contributed by atoms with E-state index in [-0.39, 0.29) is 11.7 Å². The van der Waals surface area contributed by atoms with Crippen molar-refractivity contribution in [2.45, 2.75) is 4.90 Å². The molecule has 0 aromatic heterocycles. The van der Waals surface area contributed by atoms with Crippen LogP contribution >= 0.6 is 23.5 Å². The van der Waals surface area contributed by atoms with Crippen LogP contribution in [-0.4, -0.2) is 41.2 Å². The van der Waals surface area contributed by atoms with Gasteiger partial charge in [-0.25, -0.2) is 4.39 Å². The van der Waals surface area contributed by atoms with Crippen molar-refractivity contribution in [1.29, 1.82) is 0 Å². The zero-order valence-corrected chi connectivity index (χ0v) is 11.0. The minimum Gasteiger partial charge on any atom is -0.340 e. The summed E-state index contributed by atoms with van der Waals surface area (Å²) in [5.41, 5.74) is 0. The zero-order valence-electron chi connectivity index (χ0n) is 9.39. The van der Waals surface area contributed by atoms with Gasteiger partial charge in [-0.15, -0.1) is 11.8 Å². The molecular weight excluding hydrogens is 257 g/mol. The first-order valence-electron chi connectivity index (χ1n) is 5.49. The second-order valence-electron chi connectivity index (χ2n) is 3.74. The molecule has 2 rings (SSSR count). The molecule has 1 aliphatic heterocycles. The van der Waals surface area contributed by atoms with E-state index in [0.29, 0.717) is 5.75 Å². The number of thioether (sulfide) groups is 2. The van der Waals surface area contributed by atoms with E-state index < -0.39 is 0 Å². The average molecular weight is 271 g/mol. The summed E-state index contributed by atoms with van der Waals surface area (Å²) < 4.78 is 12.7. The minimum absolute atomic E-state index is 0.180. The minimum atomic E-state index is -0.242. The molecule has 17 heavy (non-hydrogen) atoms. The Morgan fingerprint density at radius 2 is 1.94 bits per heavy atom. The van der Waals surface area contributed by atoms with Crippen molar-refractivity contribution < 1.29 is 9.18 Å². The third-order valence-corrected chi connectivity index (χ3v) is 4.48. The molecule has 0 radical (unpaired) electrons. The summed E-state index contributed by atoms with van der Waals surface area (Å²) in [4.78, 5) is 14.7. The Morgan fingerprint density at radius 3 is 2.59 bits per heavy atom. The van der Waals surface area contributed by atoms with E-state index >= 15 is 0 Å². The van der Waals surface area contributed by atoms with Crippen molar-refractivity contribution in [2.75, 3.05) is 30.3 Å². The van der Waals surface area contributed by atoms with Gasteiger partial charge >= 0.3 is 0 Å². The molecule has 0 bridgehead atoms. The Bertz CT molecular complexity index is 377. The summed E-state index contributed by atoms with van der Waals surface area (Å²) in [5.74, 6) is 2.45. The van der Waals surface area contributed by atoms with Gasteiger partial charge in [0, 0.05) is 29.5 Å². The normalized spacial score (nSPS) is 15.9. The van der Waals surface area contributed by atoms with Gasteiger partial charge in [-0.2, -0.15) is 11.8 Å². The number of benzene rings is 1. The maximum absolute atomic E-state index is 12.7. The molecule has 1 aromatic carbocycles. The highest BCUT2D eigenvalue weighted by Crippen LogP contribution is 2.19. The molecule has 92 valence electrons. The SMILES string of the molecule is O=C(CSc1ccc(F)cc1)N1CCSCC1. The summed E-state index contributed by atoms with van der Waals surface area (Å²) in [5, 5.41) is 0. The highest BCUT2D eigenvalue weighted by molar-refractivity contribution is 8.00. The third-order valence-electron chi connectivity index (χ3n) is 2.54. The summed E-state index contributed by atoms with van der Waals surface area (Å²) in [7, 11) is 0. The van der Waals surface area contributed by atoms with Gasteiger partial charge in [0.1, 0.15) is 5.82 Å². The molecule has 0 unspecified atom stereocenters. The van der Waals surface area contributed by atoms with E-state index in [1.165, 1.54) is 23.9 Å². The summed E-state index contributed by atoms with van der Waals surface area (Å²) in [6.07, 6.45) is 0. The first kappa shape index (κ1) is 12.8. The molecule has 1 fully saturated rings. The lowest BCUT2D eigenvalue weighted by molar-refractivity contribution is -0.127. The molecule has 1 saturated heterocycles. The lowest BCUT2D eigenvalue weighted by Gasteiger charge is -2.26. The molecule has 2 nitrogen and oxygen atoms in total. The summed E-state index contributed by atoms with van der Waals surface area (Å²) in [6, 6.07) is 6.26.